The molecule has 1 aromatic carbocycles. The zero-order valence-electron chi connectivity index (χ0n) is 37.1. The highest BCUT2D eigenvalue weighted by molar-refractivity contribution is 5.96. The van der Waals surface area contributed by atoms with E-state index in [0.717, 1.165) is 5.56 Å². The van der Waals surface area contributed by atoms with Crippen molar-refractivity contribution in [3.63, 3.8) is 0 Å². The summed E-state index contributed by atoms with van der Waals surface area (Å²) in [6, 6.07) is 4.59. The first kappa shape index (κ1) is 50.4. The molecule has 0 radical (unpaired) electrons. The average Bonchev–Trinajstić information content (AvgIpc) is 3.20. The summed E-state index contributed by atoms with van der Waals surface area (Å²) in [6.45, 7) is 16.9. The minimum atomic E-state index is -1.25. The van der Waals surface area contributed by atoms with Crippen LogP contribution in [0.15, 0.2) is 42.0 Å². The molecule has 10 atom stereocenters. The van der Waals surface area contributed by atoms with Crippen molar-refractivity contribution < 1.29 is 48.1 Å². The van der Waals surface area contributed by atoms with Crippen LogP contribution >= 0.6 is 0 Å². The predicted molar refractivity (Wildman–Crippen MR) is 223 cm³/mol. The number of rotatable bonds is 8. The Kier molecular flexibility index (Phi) is 20.2. The maximum Gasteiger partial charge on any atom is 0.334 e. The number of nitrogens with zero attached hydrogens (tertiary/aromatic N) is 2. The van der Waals surface area contributed by atoms with Crippen LogP contribution in [0, 0.1) is 23.7 Å². The molecular weight excluding hydrogens is 759 g/mol. The monoisotopic (exact) mass is 828 g/mol. The van der Waals surface area contributed by atoms with Gasteiger partial charge >= 0.3 is 11.9 Å². The molecule has 5 amide bonds. The van der Waals surface area contributed by atoms with Crippen LogP contribution in [0.2, 0.25) is 0 Å². The first-order chi connectivity index (χ1) is 27.6. The number of carbonyl (C=O) groups is 7. The smallest absolute Gasteiger partial charge is 0.334 e. The summed E-state index contributed by atoms with van der Waals surface area (Å²) in [5.41, 5.74) is 0.886. The number of esters is 2. The molecule has 2 unspecified atom stereocenters. The minimum absolute atomic E-state index is 0.00608. The number of carbonyl (C=O) groups excluding carboxylic acids is 7. The summed E-state index contributed by atoms with van der Waals surface area (Å²) in [5.74, 6) is -5.84. The van der Waals surface area contributed by atoms with Crippen molar-refractivity contribution in [2.75, 3.05) is 20.6 Å². The second kappa shape index (κ2) is 23.7. The van der Waals surface area contributed by atoms with Gasteiger partial charge in [0.25, 0.3) is 5.91 Å². The van der Waals surface area contributed by atoms with Gasteiger partial charge in [0.15, 0.2) is 6.10 Å². The summed E-state index contributed by atoms with van der Waals surface area (Å²) >= 11 is 0. The lowest BCUT2D eigenvalue weighted by atomic mass is 9.86. The molecule has 15 heteroatoms. The molecule has 0 spiro atoms. The van der Waals surface area contributed by atoms with E-state index in [1.165, 1.54) is 50.7 Å². The molecular formula is C44H69N5O10. The quantitative estimate of drug-likeness (QED) is 0.282. The van der Waals surface area contributed by atoms with Crippen LogP contribution < -0.4 is 16.0 Å². The van der Waals surface area contributed by atoms with Crippen molar-refractivity contribution in [2.24, 2.45) is 23.7 Å². The first-order valence-corrected chi connectivity index (χ1v) is 20.8. The molecule has 0 saturated carbocycles. The highest BCUT2D eigenvalue weighted by atomic mass is 16.6. The van der Waals surface area contributed by atoms with Crippen molar-refractivity contribution in [3.8, 4) is 0 Å². The molecule has 0 aliphatic carbocycles. The predicted octanol–water partition coefficient (Wildman–Crippen LogP) is 3.32. The van der Waals surface area contributed by atoms with Gasteiger partial charge in [-0.1, -0.05) is 97.7 Å². The fraction of sp³-hybridized carbons (Fsp3) is 0.659. The fourth-order valence-electron chi connectivity index (χ4n) is 6.77. The number of ether oxygens (including phenoxy) is 2. The molecule has 2 rings (SSSR count). The Morgan fingerprint density at radius 3 is 1.97 bits per heavy atom. The van der Waals surface area contributed by atoms with E-state index in [0.29, 0.717) is 12.8 Å². The highest BCUT2D eigenvalue weighted by Gasteiger charge is 2.37. The number of cyclic esters (lactones) is 2. The molecule has 1 aliphatic heterocycles. The van der Waals surface area contributed by atoms with Crippen molar-refractivity contribution in [2.45, 2.75) is 144 Å². The van der Waals surface area contributed by atoms with E-state index in [-0.39, 0.29) is 42.6 Å². The number of benzene rings is 1. The Morgan fingerprint density at radius 1 is 0.797 bits per heavy atom. The van der Waals surface area contributed by atoms with E-state index >= 15 is 0 Å². The SMILES string of the molecule is CCC(C)C1NC(=O)CN(C)C(=O)[C@@H](Cc2ccccc2)N(C)C(=O)[C@H](C)NC(=O)[C@@H](CC(C)C)OC(=O)/C(C)=C/C[C@H](O)[C@H](C)[C@@H]([C@@H](C)CC)OC(=O)[C@@H](C)NC1=O. The van der Waals surface area contributed by atoms with Gasteiger partial charge in [-0.2, -0.15) is 0 Å². The maximum atomic E-state index is 14.1. The zero-order chi connectivity index (χ0) is 44.7. The van der Waals surface area contributed by atoms with E-state index in [1.54, 1.807) is 38.1 Å². The number of nitrogens with one attached hydrogen (secondary N) is 3. The third-order valence-electron chi connectivity index (χ3n) is 11.2. The van der Waals surface area contributed by atoms with Gasteiger partial charge in [0.2, 0.25) is 23.6 Å². The fourth-order valence-corrected chi connectivity index (χ4v) is 6.77. The van der Waals surface area contributed by atoms with Gasteiger partial charge in [0.05, 0.1) is 12.6 Å². The Bertz CT molecular complexity index is 1630. The van der Waals surface area contributed by atoms with Crippen LogP contribution in [0.5, 0.6) is 0 Å². The maximum absolute atomic E-state index is 14.1. The van der Waals surface area contributed by atoms with Gasteiger partial charge in [-0.05, 0) is 56.9 Å². The second-order valence-corrected chi connectivity index (χ2v) is 16.6. The Hall–Kier alpha value is -4.79. The first-order valence-electron chi connectivity index (χ1n) is 20.8. The van der Waals surface area contributed by atoms with E-state index in [4.69, 9.17) is 9.47 Å². The van der Waals surface area contributed by atoms with Crippen LogP contribution in [0.3, 0.4) is 0 Å². The third-order valence-corrected chi connectivity index (χ3v) is 11.2. The molecule has 330 valence electrons. The van der Waals surface area contributed by atoms with E-state index in [1.807, 2.05) is 40.7 Å². The largest absolute Gasteiger partial charge is 0.460 e. The van der Waals surface area contributed by atoms with Gasteiger partial charge in [-0.25, -0.2) is 9.59 Å². The molecule has 1 heterocycles. The van der Waals surface area contributed by atoms with Gasteiger partial charge < -0.3 is 40.3 Å². The molecule has 0 bridgehead atoms. The van der Waals surface area contributed by atoms with Crippen molar-refractivity contribution >= 4 is 41.5 Å². The van der Waals surface area contributed by atoms with Gasteiger partial charge in [-0.3, -0.25) is 24.0 Å². The summed E-state index contributed by atoms with van der Waals surface area (Å²) in [4.78, 5) is 98.1. The van der Waals surface area contributed by atoms with Crippen molar-refractivity contribution in [1.82, 2.24) is 25.8 Å². The van der Waals surface area contributed by atoms with Crippen LogP contribution in [-0.2, 0) is 49.5 Å². The Labute approximate surface area is 350 Å². The number of aliphatic hydroxyl groups excluding tert-OH is 1. The Morgan fingerprint density at radius 2 is 1.39 bits per heavy atom. The number of amides is 5. The average molecular weight is 828 g/mol. The van der Waals surface area contributed by atoms with Crippen molar-refractivity contribution in [1.29, 1.82) is 0 Å². The number of hydrogen-bond acceptors (Lipinski definition) is 10. The van der Waals surface area contributed by atoms with Crippen molar-refractivity contribution in [3.05, 3.63) is 47.5 Å². The number of aliphatic hydroxyl groups is 1. The zero-order valence-corrected chi connectivity index (χ0v) is 37.1. The normalized spacial score (nSPS) is 29.1. The molecule has 59 heavy (non-hydrogen) atoms. The molecule has 15 nitrogen and oxygen atoms in total. The summed E-state index contributed by atoms with van der Waals surface area (Å²) in [7, 11) is 2.86. The summed E-state index contributed by atoms with van der Waals surface area (Å²) in [5, 5.41) is 19.3. The van der Waals surface area contributed by atoms with Crippen LogP contribution in [0.1, 0.15) is 100 Å². The van der Waals surface area contributed by atoms with Gasteiger partial charge in [-0.15, -0.1) is 0 Å². The highest BCUT2D eigenvalue weighted by Crippen LogP contribution is 2.26. The van der Waals surface area contributed by atoms with Crippen LogP contribution in [0.4, 0.5) is 0 Å². The van der Waals surface area contributed by atoms with Crippen LogP contribution in [-0.4, -0.2) is 120 Å². The molecule has 0 fully saturated rings. The molecule has 4 N–H and O–H groups in total. The van der Waals surface area contributed by atoms with Gasteiger partial charge in [0, 0.05) is 32.0 Å². The topological polar surface area (TPSA) is 201 Å². The Balaban J connectivity index is 2.61. The van der Waals surface area contributed by atoms with E-state index < -0.39 is 96.4 Å². The summed E-state index contributed by atoms with van der Waals surface area (Å²) in [6.07, 6.45) is -0.192. The summed E-state index contributed by atoms with van der Waals surface area (Å²) < 4.78 is 11.6. The van der Waals surface area contributed by atoms with E-state index in [2.05, 4.69) is 16.0 Å². The lowest BCUT2D eigenvalue weighted by Crippen LogP contribution is -2.57. The van der Waals surface area contributed by atoms with E-state index in [9.17, 15) is 38.7 Å². The lowest BCUT2D eigenvalue weighted by Gasteiger charge is -2.33. The number of likely N-dealkylation sites (N-methyl/N-ethyl adjacent to an activating group) is 2. The molecule has 0 aromatic heterocycles. The molecule has 1 aliphatic rings. The minimum Gasteiger partial charge on any atom is -0.460 e. The van der Waals surface area contributed by atoms with Gasteiger partial charge in [0.1, 0.15) is 30.3 Å². The molecule has 1 aromatic rings. The van der Waals surface area contributed by atoms with Crippen LogP contribution in [0.25, 0.3) is 0 Å². The second-order valence-electron chi connectivity index (χ2n) is 16.6. The molecule has 0 saturated heterocycles. The number of hydrogen-bond donors (Lipinski definition) is 4. The third kappa shape index (κ3) is 15.1. The lowest BCUT2D eigenvalue weighted by molar-refractivity contribution is -0.161. The standard InChI is InChI=1S/C44H69N5O10/c1-13-26(5)37-40(53)46-31(10)44(57)59-38(27(6)14-2)29(8)34(50)21-20-28(7)43(56)58-35(22-25(3)4)39(52)45-30(9)41(54)49(12)33(23-32-18-16-15-17-19-32)42(55)48(11)24-36(51)47-37/h15-20,25-27,29-31,33-35,37-38,50H,13-14,21-24H2,1-12H3,(H,45,52)(H,46,53)(H,47,51)/b28-20+/t26?,27-,29-,30-,31+,33+,34-,35+,37?,38+/m0/s1.